The van der Waals surface area contributed by atoms with Crippen LogP contribution in [-0.2, 0) is 26.8 Å². The second-order valence-corrected chi connectivity index (χ2v) is 8.48. The van der Waals surface area contributed by atoms with Crippen molar-refractivity contribution in [2.75, 3.05) is 5.32 Å². The molecule has 3 aromatic rings. The van der Waals surface area contributed by atoms with Gasteiger partial charge in [0.25, 0.3) is 0 Å². The van der Waals surface area contributed by atoms with Crippen LogP contribution >= 0.6 is 11.3 Å². The summed E-state index contributed by atoms with van der Waals surface area (Å²) in [5.41, 5.74) is 0.653. The van der Waals surface area contributed by atoms with Gasteiger partial charge in [0.05, 0.1) is 11.3 Å². The minimum Gasteiger partial charge on any atom is -0.300 e. The predicted molar refractivity (Wildman–Crippen MR) is 96.0 cm³/mol. The molecule has 0 aliphatic heterocycles. The van der Waals surface area contributed by atoms with Gasteiger partial charge in [-0.15, -0.1) is 10.2 Å². The molecule has 26 heavy (non-hydrogen) atoms. The highest BCUT2D eigenvalue weighted by Crippen LogP contribution is 2.21. The molecule has 9 heteroatoms. The fourth-order valence-electron chi connectivity index (χ4n) is 2.19. The van der Waals surface area contributed by atoms with Crippen molar-refractivity contribution in [2.24, 2.45) is 0 Å². The molecule has 2 aromatic carbocycles. The van der Waals surface area contributed by atoms with E-state index in [1.54, 1.807) is 18.2 Å². The monoisotopic (exact) mass is 391 g/mol. The lowest BCUT2D eigenvalue weighted by Crippen LogP contribution is -2.14. The molecule has 0 aliphatic carbocycles. The lowest BCUT2D eigenvalue weighted by molar-refractivity contribution is -0.115. The molecule has 0 spiro atoms. The smallest absolute Gasteiger partial charge is 0.230 e. The molecule has 1 N–H and O–H groups in total. The lowest BCUT2D eigenvalue weighted by Gasteiger charge is -2.02. The van der Waals surface area contributed by atoms with E-state index in [-0.39, 0.29) is 38.9 Å². The molecule has 0 atom stereocenters. The number of aromatic nitrogens is 2. The number of carbonyl (C=O) groups excluding carboxylic acids is 1. The molecule has 0 saturated carbocycles. The van der Waals surface area contributed by atoms with Crippen molar-refractivity contribution in [3.63, 3.8) is 0 Å². The number of halogens is 1. The van der Waals surface area contributed by atoms with Crippen LogP contribution in [0.25, 0.3) is 0 Å². The van der Waals surface area contributed by atoms with Gasteiger partial charge in [-0.1, -0.05) is 41.7 Å². The molecule has 1 aromatic heterocycles. The van der Waals surface area contributed by atoms with E-state index in [1.807, 2.05) is 0 Å². The molecule has 3 rings (SSSR count). The molecular weight excluding hydrogens is 377 g/mol. The standard InChI is InChI=1S/C17H14FN3O3S2/c18-13-8-6-12(7-9-13)10-15(22)19-17-21-20-16(25-17)11-26(23,24)14-4-2-1-3-5-14/h1-9H,10-11H2,(H,19,21,22). The fraction of sp³-hybridized carbons (Fsp3) is 0.118. The van der Waals surface area contributed by atoms with Gasteiger partial charge in [0.2, 0.25) is 11.0 Å². The number of amides is 1. The van der Waals surface area contributed by atoms with Crippen LogP contribution in [0.15, 0.2) is 59.5 Å². The summed E-state index contributed by atoms with van der Waals surface area (Å²) in [6, 6.07) is 13.7. The zero-order valence-electron chi connectivity index (χ0n) is 13.4. The number of carbonyl (C=O) groups is 1. The Hall–Kier alpha value is -2.65. The second-order valence-electron chi connectivity index (χ2n) is 5.42. The molecular formula is C17H14FN3O3S2. The maximum Gasteiger partial charge on any atom is 0.230 e. The molecule has 1 heterocycles. The van der Waals surface area contributed by atoms with E-state index in [2.05, 4.69) is 15.5 Å². The Bertz CT molecular complexity index is 1000. The summed E-state index contributed by atoms with van der Waals surface area (Å²) in [7, 11) is -3.52. The molecule has 1 amide bonds. The Morgan fingerprint density at radius 2 is 1.73 bits per heavy atom. The van der Waals surface area contributed by atoms with Crippen molar-refractivity contribution in [3.8, 4) is 0 Å². The predicted octanol–water partition coefficient (Wildman–Crippen LogP) is 2.83. The van der Waals surface area contributed by atoms with E-state index < -0.39 is 9.84 Å². The molecule has 0 bridgehead atoms. The number of hydrogen-bond acceptors (Lipinski definition) is 6. The molecule has 0 aliphatic rings. The van der Waals surface area contributed by atoms with Crippen molar-refractivity contribution in [3.05, 3.63) is 71.0 Å². The van der Waals surface area contributed by atoms with Gasteiger partial charge in [0.1, 0.15) is 16.6 Å². The minimum atomic E-state index is -3.52. The van der Waals surface area contributed by atoms with E-state index in [1.165, 1.54) is 36.4 Å². The third kappa shape index (κ3) is 4.70. The van der Waals surface area contributed by atoms with Gasteiger partial charge in [-0.3, -0.25) is 4.79 Å². The Morgan fingerprint density at radius 3 is 2.42 bits per heavy atom. The molecule has 134 valence electrons. The summed E-state index contributed by atoms with van der Waals surface area (Å²) in [4.78, 5) is 12.2. The van der Waals surface area contributed by atoms with Gasteiger partial charge >= 0.3 is 0 Å². The number of sulfone groups is 1. The zero-order valence-corrected chi connectivity index (χ0v) is 15.1. The summed E-state index contributed by atoms with van der Waals surface area (Å²) in [5, 5.41) is 10.7. The number of nitrogens with one attached hydrogen (secondary N) is 1. The van der Waals surface area contributed by atoms with Gasteiger partial charge in [-0.2, -0.15) is 0 Å². The minimum absolute atomic E-state index is 0.0531. The Labute approximate surface area is 153 Å². The first kappa shape index (κ1) is 18.2. The van der Waals surface area contributed by atoms with Gasteiger partial charge in [0.15, 0.2) is 9.84 Å². The third-order valence-electron chi connectivity index (χ3n) is 3.41. The Balaban J connectivity index is 1.62. The van der Waals surface area contributed by atoms with Crippen LogP contribution in [0.3, 0.4) is 0 Å². The van der Waals surface area contributed by atoms with E-state index in [9.17, 15) is 17.6 Å². The first-order chi connectivity index (χ1) is 12.4. The first-order valence-corrected chi connectivity index (χ1v) is 10.0. The molecule has 0 radical (unpaired) electrons. The Kier molecular flexibility index (Phi) is 5.38. The summed E-state index contributed by atoms with van der Waals surface area (Å²) < 4.78 is 37.5. The normalized spacial score (nSPS) is 11.3. The molecule has 0 fully saturated rings. The van der Waals surface area contributed by atoms with Gasteiger partial charge in [-0.05, 0) is 29.8 Å². The third-order valence-corrected chi connectivity index (χ3v) is 6.07. The van der Waals surface area contributed by atoms with Crippen molar-refractivity contribution in [1.82, 2.24) is 10.2 Å². The van der Waals surface area contributed by atoms with Gasteiger partial charge < -0.3 is 5.32 Å². The van der Waals surface area contributed by atoms with Crippen molar-refractivity contribution >= 4 is 32.2 Å². The maximum absolute atomic E-state index is 12.9. The lowest BCUT2D eigenvalue weighted by atomic mass is 10.1. The quantitative estimate of drug-likeness (QED) is 0.698. The summed E-state index contributed by atoms with van der Waals surface area (Å²) in [6.45, 7) is 0. The fourth-order valence-corrected chi connectivity index (χ4v) is 4.56. The summed E-state index contributed by atoms with van der Waals surface area (Å²) in [6.07, 6.45) is 0.0531. The first-order valence-electron chi connectivity index (χ1n) is 7.57. The highest BCUT2D eigenvalue weighted by Gasteiger charge is 2.18. The second kappa shape index (κ2) is 7.71. The van der Waals surface area contributed by atoms with E-state index in [0.29, 0.717) is 5.56 Å². The van der Waals surface area contributed by atoms with Crippen LogP contribution in [0.1, 0.15) is 10.6 Å². The van der Waals surface area contributed by atoms with Gasteiger partial charge in [0, 0.05) is 0 Å². The topological polar surface area (TPSA) is 89.0 Å². The number of hydrogen-bond donors (Lipinski definition) is 1. The van der Waals surface area contributed by atoms with Crippen molar-refractivity contribution in [2.45, 2.75) is 17.1 Å². The summed E-state index contributed by atoms with van der Waals surface area (Å²) in [5.74, 6) is -1.00. The Morgan fingerprint density at radius 1 is 1.04 bits per heavy atom. The number of benzene rings is 2. The average molecular weight is 391 g/mol. The molecule has 0 unspecified atom stereocenters. The van der Waals surface area contributed by atoms with Crippen LogP contribution in [-0.4, -0.2) is 24.5 Å². The zero-order chi connectivity index (χ0) is 18.6. The van der Waals surface area contributed by atoms with Crippen LogP contribution in [0.4, 0.5) is 9.52 Å². The molecule has 0 saturated heterocycles. The number of nitrogens with zero attached hydrogens (tertiary/aromatic N) is 2. The summed E-state index contributed by atoms with van der Waals surface area (Å²) >= 11 is 1.00. The molecule has 6 nitrogen and oxygen atoms in total. The van der Waals surface area contributed by atoms with Crippen LogP contribution in [0.2, 0.25) is 0 Å². The van der Waals surface area contributed by atoms with Crippen LogP contribution in [0, 0.1) is 5.82 Å². The van der Waals surface area contributed by atoms with E-state index >= 15 is 0 Å². The van der Waals surface area contributed by atoms with Gasteiger partial charge in [-0.25, -0.2) is 12.8 Å². The van der Waals surface area contributed by atoms with Crippen LogP contribution < -0.4 is 5.32 Å². The number of rotatable bonds is 6. The van der Waals surface area contributed by atoms with E-state index in [4.69, 9.17) is 0 Å². The van der Waals surface area contributed by atoms with E-state index in [0.717, 1.165) is 11.3 Å². The average Bonchev–Trinajstić information content (AvgIpc) is 3.03. The van der Waals surface area contributed by atoms with Crippen molar-refractivity contribution in [1.29, 1.82) is 0 Å². The SMILES string of the molecule is O=C(Cc1ccc(F)cc1)Nc1nnc(CS(=O)(=O)c2ccccc2)s1. The highest BCUT2D eigenvalue weighted by atomic mass is 32.2. The van der Waals surface area contributed by atoms with Crippen molar-refractivity contribution < 1.29 is 17.6 Å². The maximum atomic E-state index is 12.9. The largest absolute Gasteiger partial charge is 0.300 e. The highest BCUT2D eigenvalue weighted by molar-refractivity contribution is 7.90. The number of anilines is 1. The van der Waals surface area contributed by atoms with Crippen LogP contribution in [0.5, 0.6) is 0 Å².